The first kappa shape index (κ1) is 18.8. The molecule has 144 valence electrons. The van der Waals surface area contributed by atoms with Crippen LogP contribution in [0.4, 0.5) is 4.79 Å². The van der Waals surface area contributed by atoms with Crippen molar-refractivity contribution in [1.82, 2.24) is 4.90 Å². The highest BCUT2D eigenvalue weighted by Gasteiger charge is 2.29. The SMILES string of the molecule is O=C1/C(=C/c2c(Cl)cccc2Cl)Oc2cc(OC(=O)N3CCOCC3)ccc21. The molecule has 1 amide bonds. The van der Waals surface area contributed by atoms with E-state index in [0.717, 1.165) is 0 Å². The number of halogens is 2. The van der Waals surface area contributed by atoms with Crippen LogP contribution in [0.25, 0.3) is 6.08 Å². The number of ether oxygens (including phenoxy) is 3. The van der Waals surface area contributed by atoms with Crippen LogP contribution in [0.1, 0.15) is 15.9 Å². The molecule has 0 saturated carbocycles. The van der Waals surface area contributed by atoms with Gasteiger partial charge in [0.2, 0.25) is 5.78 Å². The Bertz CT molecular complexity index is 962. The predicted molar refractivity (Wildman–Crippen MR) is 104 cm³/mol. The van der Waals surface area contributed by atoms with Crippen LogP contribution in [-0.2, 0) is 4.74 Å². The minimum atomic E-state index is -0.466. The lowest BCUT2D eigenvalue weighted by atomic mass is 10.1. The van der Waals surface area contributed by atoms with Crippen molar-refractivity contribution < 1.29 is 23.8 Å². The molecule has 4 rings (SSSR count). The van der Waals surface area contributed by atoms with Crippen molar-refractivity contribution in [1.29, 1.82) is 0 Å². The van der Waals surface area contributed by atoms with Crippen molar-refractivity contribution in [2.45, 2.75) is 0 Å². The number of fused-ring (bicyclic) bond motifs is 1. The van der Waals surface area contributed by atoms with Crippen LogP contribution in [0.2, 0.25) is 10.0 Å². The van der Waals surface area contributed by atoms with Crippen LogP contribution in [0.5, 0.6) is 11.5 Å². The molecule has 2 aliphatic rings. The van der Waals surface area contributed by atoms with Crippen LogP contribution in [-0.4, -0.2) is 43.1 Å². The van der Waals surface area contributed by atoms with Crippen LogP contribution >= 0.6 is 23.2 Å². The van der Waals surface area contributed by atoms with Crippen molar-refractivity contribution in [3.8, 4) is 11.5 Å². The number of rotatable bonds is 2. The standard InChI is InChI=1S/C20H15Cl2NO5/c21-15-2-1-3-16(22)14(15)11-18-19(24)13-5-4-12(10-17(13)28-18)27-20(25)23-6-8-26-9-7-23/h1-5,10-11H,6-9H2/b18-11-. The zero-order valence-electron chi connectivity index (χ0n) is 14.6. The van der Waals surface area contributed by atoms with Gasteiger partial charge in [0.05, 0.1) is 18.8 Å². The third kappa shape index (κ3) is 3.71. The molecule has 2 aromatic rings. The maximum Gasteiger partial charge on any atom is 0.415 e. The summed E-state index contributed by atoms with van der Waals surface area (Å²) in [6.07, 6.45) is 1.04. The Morgan fingerprint density at radius 1 is 1.11 bits per heavy atom. The number of nitrogens with zero attached hydrogens (tertiary/aromatic N) is 1. The zero-order valence-corrected chi connectivity index (χ0v) is 16.1. The summed E-state index contributed by atoms with van der Waals surface area (Å²) in [6, 6.07) is 9.71. The highest BCUT2D eigenvalue weighted by Crippen LogP contribution is 2.36. The van der Waals surface area contributed by atoms with Crippen molar-refractivity contribution in [3.63, 3.8) is 0 Å². The Labute approximate surface area is 171 Å². The van der Waals surface area contributed by atoms with Gasteiger partial charge in [0.15, 0.2) is 5.76 Å². The van der Waals surface area contributed by atoms with Gasteiger partial charge in [-0.2, -0.15) is 0 Å². The molecule has 0 N–H and O–H groups in total. The van der Waals surface area contributed by atoms with Crippen LogP contribution in [0.15, 0.2) is 42.2 Å². The molecule has 1 saturated heterocycles. The number of amides is 1. The van der Waals surface area contributed by atoms with Crippen molar-refractivity contribution >= 4 is 41.2 Å². The second-order valence-electron chi connectivity index (χ2n) is 6.20. The average Bonchev–Trinajstić information content (AvgIpc) is 3.00. The quantitative estimate of drug-likeness (QED) is 0.673. The molecule has 0 unspecified atom stereocenters. The van der Waals surface area contributed by atoms with E-state index in [9.17, 15) is 9.59 Å². The second kappa shape index (κ2) is 7.83. The summed E-state index contributed by atoms with van der Waals surface area (Å²) in [5.41, 5.74) is 0.876. The molecule has 2 aliphatic heterocycles. The molecule has 0 bridgehead atoms. The van der Waals surface area contributed by atoms with Gasteiger partial charge >= 0.3 is 6.09 Å². The molecule has 1 fully saturated rings. The maximum atomic E-state index is 12.6. The fraction of sp³-hybridized carbons (Fsp3) is 0.200. The predicted octanol–water partition coefficient (Wildman–Crippen LogP) is 4.44. The number of ketones is 1. The molecule has 0 spiro atoms. The van der Waals surface area contributed by atoms with Crippen LogP contribution in [0.3, 0.4) is 0 Å². The number of hydrogen-bond donors (Lipinski definition) is 0. The Balaban J connectivity index is 1.54. The molecule has 2 heterocycles. The Morgan fingerprint density at radius 3 is 2.54 bits per heavy atom. The molecule has 2 aromatic carbocycles. The number of carbonyl (C=O) groups excluding carboxylic acids is 2. The van der Waals surface area contributed by atoms with Crippen molar-refractivity contribution in [2.75, 3.05) is 26.3 Å². The fourth-order valence-corrected chi connectivity index (χ4v) is 3.43. The minimum Gasteiger partial charge on any atom is -0.452 e. The van der Waals surface area contributed by atoms with E-state index in [4.69, 9.17) is 37.4 Å². The highest BCUT2D eigenvalue weighted by molar-refractivity contribution is 6.37. The van der Waals surface area contributed by atoms with E-state index >= 15 is 0 Å². The van der Waals surface area contributed by atoms with Crippen LogP contribution in [0, 0.1) is 0 Å². The first-order valence-corrected chi connectivity index (χ1v) is 9.35. The smallest absolute Gasteiger partial charge is 0.415 e. The first-order valence-electron chi connectivity index (χ1n) is 8.60. The Hall–Kier alpha value is -2.54. The van der Waals surface area contributed by atoms with E-state index in [1.54, 1.807) is 35.2 Å². The summed E-state index contributed by atoms with van der Waals surface area (Å²) in [5.74, 6) is 0.408. The topological polar surface area (TPSA) is 65.1 Å². The maximum absolute atomic E-state index is 12.6. The van der Waals surface area contributed by atoms with Gasteiger partial charge in [-0.15, -0.1) is 0 Å². The van der Waals surface area contributed by atoms with Gasteiger partial charge in [0.1, 0.15) is 11.5 Å². The van der Waals surface area contributed by atoms with Gasteiger partial charge in [0, 0.05) is 34.8 Å². The third-order valence-corrected chi connectivity index (χ3v) is 5.05. The molecule has 0 radical (unpaired) electrons. The van der Waals surface area contributed by atoms with Crippen LogP contribution < -0.4 is 9.47 Å². The molecule has 8 heteroatoms. The molecular weight excluding hydrogens is 405 g/mol. The molecule has 0 aromatic heterocycles. The number of allylic oxidation sites excluding steroid dienone is 1. The van der Waals surface area contributed by atoms with E-state index in [1.165, 1.54) is 12.1 Å². The lowest BCUT2D eigenvalue weighted by molar-refractivity contribution is 0.0416. The Morgan fingerprint density at radius 2 is 1.82 bits per heavy atom. The molecule has 28 heavy (non-hydrogen) atoms. The Kier molecular flexibility index (Phi) is 5.26. The average molecular weight is 420 g/mol. The molecule has 0 aliphatic carbocycles. The van der Waals surface area contributed by atoms with Gasteiger partial charge in [0.25, 0.3) is 0 Å². The summed E-state index contributed by atoms with van der Waals surface area (Å²) in [7, 11) is 0. The van der Waals surface area contributed by atoms with Crippen molar-refractivity contribution in [2.24, 2.45) is 0 Å². The number of hydrogen-bond acceptors (Lipinski definition) is 5. The monoisotopic (exact) mass is 419 g/mol. The zero-order chi connectivity index (χ0) is 19.7. The number of benzene rings is 2. The summed E-state index contributed by atoms with van der Waals surface area (Å²) < 4.78 is 16.3. The molecule has 0 atom stereocenters. The van der Waals surface area contributed by atoms with Gasteiger partial charge in [-0.3, -0.25) is 4.79 Å². The van der Waals surface area contributed by atoms with Crippen molar-refractivity contribution in [3.05, 3.63) is 63.3 Å². The van der Waals surface area contributed by atoms with Gasteiger partial charge in [-0.25, -0.2) is 4.79 Å². The van der Waals surface area contributed by atoms with Gasteiger partial charge in [-0.1, -0.05) is 29.3 Å². The van der Waals surface area contributed by atoms with E-state index < -0.39 is 6.09 Å². The number of morpholine rings is 1. The number of Topliss-reactive ketones (excluding diaryl/α,β-unsaturated/α-hetero) is 1. The van der Waals surface area contributed by atoms with E-state index in [2.05, 4.69) is 0 Å². The minimum absolute atomic E-state index is 0.0988. The highest BCUT2D eigenvalue weighted by atomic mass is 35.5. The summed E-state index contributed by atoms with van der Waals surface area (Å²) >= 11 is 12.3. The van der Waals surface area contributed by atoms with E-state index in [0.29, 0.717) is 59.0 Å². The number of carbonyl (C=O) groups is 2. The third-order valence-electron chi connectivity index (χ3n) is 4.39. The fourth-order valence-electron chi connectivity index (χ4n) is 2.92. The summed E-state index contributed by atoms with van der Waals surface area (Å²) in [5, 5.41) is 0.819. The lowest BCUT2D eigenvalue weighted by Crippen LogP contribution is -2.42. The van der Waals surface area contributed by atoms with E-state index in [-0.39, 0.29) is 11.5 Å². The van der Waals surface area contributed by atoms with Gasteiger partial charge < -0.3 is 19.1 Å². The second-order valence-corrected chi connectivity index (χ2v) is 7.01. The summed E-state index contributed by atoms with van der Waals surface area (Å²) in [4.78, 5) is 26.4. The normalized spacial score (nSPS) is 17.4. The summed E-state index contributed by atoms with van der Waals surface area (Å²) in [6.45, 7) is 1.92. The largest absolute Gasteiger partial charge is 0.452 e. The molecular formula is C20H15Cl2NO5. The lowest BCUT2D eigenvalue weighted by Gasteiger charge is -2.25. The van der Waals surface area contributed by atoms with Gasteiger partial charge in [-0.05, 0) is 30.3 Å². The van der Waals surface area contributed by atoms with E-state index in [1.807, 2.05) is 0 Å². The molecule has 6 nitrogen and oxygen atoms in total. The first-order chi connectivity index (χ1) is 13.5.